The van der Waals surface area contributed by atoms with Gasteiger partial charge in [-0.3, -0.25) is 0 Å². The topological polar surface area (TPSA) is 64.6 Å². The summed E-state index contributed by atoms with van der Waals surface area (Å²) in [5.41, 5.74) is 0.0461. The fourth-order valence-electron chi connectivity index (χ4n) is 2.96. The van der Waals surface area contributed by atoms with Crippen LogP contribution in [0.2, 0.25) is 0 Å². The quantitative estimate of drug-likeness (QED) is 0.705. The molecule has 1 aliphatic rings. The van der Waals surface area contributed by atoms with Gasteiger partial charge in [-0.2, -0.15) is 0 Å². The number of aliphatic hydroxyl groups is 1. The van der Waals surface area contributed by atoms with Crippen LogP contribution >= 0.6 is 0 Å². The highest BCUT2D eigenvalue weighted by atomic mass is 16.3. The third-order valence-corrected chi connectivity index (χ3v) is 3.30. The molecule has 1 fully saturated rings. The SMILES string of the molecule is CN(CCO)C(=O)NC1CC(C)(C)NC(C)(C)C1. The van der Waals surface area contributed by atoms with Gasteiger partial charge in [0.1, 0.15) is 0 Å². The summed E-state index contributed by atoms with van der Waals surface area (Å²) in [6.45, 7) is 8.99. The Balaban J connectivity index is 2.59. The average molecular weight is 257 g/mol. The lowest BCUT2D eigenvalue weighted by Crippen LogP contribution is -2.62. The fraction of sp³-hybridized carbons (Fsp3) is 0.923. The predicted molar refractivity (Wildman–Crippen MR) is 72.6 cm³/mol. The maximum absolute atomic E-state index is 11.9. The van der Waals surface area contributed by atoms with Crippen LogP contribution in [0.5, 0.6) is 0 Å². The van der Waals surface area contributed by atoms with Gasteiger partial charge in [-0.25, -0.2) is 4.79 Å². The number of hydrogen-bond donors (Lipinski definition) is 3. The second-order valence-corrected chi connectivity index (χ2v) is 6.59. The van der Waals surface area contributed by atoms with E-state index in [2.05, 4.69) is 38.3 Å². The van der Waals surface area contributed by atoms with Gasteiger partial charge in [-0.1, -0.05) is 0 Å². The first-order valence-corrected chi connectivity index (χ1v) is 6.57. The van der Waals surface area contributed by atoms with Crippen molar-refractivity contribution in [3.05, 3.63) is 0 Å². The Morgan fingerprint density at radius 3 is 2.28 bits per heavy atom. The molecular weight excluding hydrogens is 230 g/mol. The van der Waals surface area contributed by atoms with E-state index in [-0.39, 0.29) is 29.8 Å². The highest BCUT2D eigenvalue weighted by Gasteiger charge is 2.38. The Kier molecular flexibility index (Phi) is 4.61. The molecule has 1 aliphatic heterocycles. The van der Waals surface area contributed by atoms with Crippen molar-refractivity contribution >= 4 is 6.03 Å². The summed E-state index contributed by atoms with van der Waals surface area (Å²) in [5.74, 6) is 0. The minimum Gasteiger partial charge on any atom is -0.395 e. The Morgan fingerprint density at radius 1 is 1.33 bits per heavy atom. The zero-order valence-corrected chi connectivity index (χ0v) is 12.2. The number of carbonyl (C=O) groups is 1. The third-order valence-electron chi connectivity index (χ3n) is 3.30. The minimum atomic E-state index is -0.109. The van der Waals surface area contributed by atoms with Gasteiger partial charge < -0.3 is 20.6 Å². The molecule has 5 heteroatoms. The van der Waals surface area contributed by atoms with E-state index in [0.717, 1.165) is 12.8 Å². The van der Waals surface area contributed by atoms with Crippen LogP contribution in [-0.2, 0) is 0 Å². The first-order valence-electron chi connectivity index (χ1n) is 6.57. The molecule has 0 unspecified atom stereocenters. The number of nitrogens with zero attached hydrogens (tertiary/aromatic N) is 1. The standard InChI is InChI=1S/C13H27N3O2/c1-12(2)8-10(9-13(3,4)15-12)14-11(18)16(5)6-7-17/h10,15,17H,6-9H2,1-5H3,(H,14,18). The molecule has 106 valence electrons. The molecule has 2 amide bonds. The maximum Gasteiger partial charge on any atom is 0.317 e. The van der Waals surface area contributed by atoms with E-state index in [0.29, 0.717) is 6.54 Å². The van der Waals surface area contributed by atoms with Crippen LogP contribution in [0.25, 0.3) is 0 Å². The van der Waals surface area contributed by atoms with Gasteiger partial charge in [0.05, 0.1) is 6.61 Å². The molecule has 5 nitrogen and oxygen atoms in total. The van der Waals surface area contributed by atoms with E-state index in [1.165, 1.54) is 4.90 Å². The van der Waals surface area contributed by atoms with Gasteiger partial charge in [0, 0.05) is 30.7 Å². The predicted octanol–water partition coefficient (Wildman–Crippen LogP) is 0.929. The van der Waals surface area contributed by atoms with Crippen molar-refractivity contribution in [1.29, 1.82) is 0 Å². The third kappa shape index (κ3) is 4.46. The molecule has 0 aromatic rings. The summed E-state index contributed by atoms with van der Waals surface area (Å²) in [6, 6.07) is 0.0624. The number of hydrogen-bond acceptors (Lipinski definition) is 3. The van der Waals surface area contributed by atoms with Crippen LogP contribution in [-0.4, -0.2) is 53.4 Å². The number of carbonyl (C=O) groups excluding carboxylic acids is 1. The molecule has 0 aromatic carbocycles. The first kappa shape index (κ1) is 15.2. The summed E-state index contributed by atoms with van der Waals surface area (Å²) in [4.78, 5) is 13.4. The highest BCUT2D eigenvalue weighted by Crippen LogP contribution is 2.28. The Morgan fingerprint density at radius 2 is 1.83 bits per heavy atom. The monoisotopic (exact) mass is 257 g/mol. The Labute approximate surface area is 110 Å². The summed E-state index contributed by atoms with van der Waals surface area (Å²) in [6.07, 6.45) is 1.82. The first-order chi connectivity index (χ1) is 8.15. The van der Waals surface area contributed by atoms with E-state index in [4.69, 9.17) is 5.11 Å². The molecule has 0 radical (unpaired) electrons. The lowest BCUT2D eigenvalue weighted by molar-refractivity contribution is 0.138. The molecule has 3 N–H and O–H groups in total. The van der Waals surface area contributed by atoms with Crippen LogP contribution < -0.4 is 10.6 Å². The molecule has 0 bridgehead atoms. The second kappa shape index (κ2) is 5.45. The molecule has 18 heavy (non-hydrogen) atoms. The van der Waals surface area contributed by atoms with Gasteiger partial charge in [-0.15, -0.1) is 0 Å². The molecule has 1 heterocycles. The zero-order chi connectivity index (χ0) is 14.0. The van der Waals surface area contributed by atoms with Gasteiger partial charge in [-0.05, 0) is 40.5 Å². The minimum absolute atomic E-state index is 0.00682. The van der Waals surface area contributed by atoms with E-state index in [1.54, 1.807) is 7.05 Å². The van der Waals surface area contributed by atoms with Crippen molar-refractivity contribution < 1.29 is 9.90 Å². The molecule has 0 atom stereocenters. The number of rotatable bonds is 3. The average Bonchev–Trinajstić information content (AvgIpc) is 2.12. The van der Waals surface area contributed by atoms with Crippen LogP contribution in [0, 0.1) is 0 Å². The van der Waals surface area contributed by atoms with E-state index < -0.39 is 0 Å². The van der Waals surface area contributed by atoms with Gasteiger partial charge in [0.2, 0.25) is 0 Å². The van der Waals surface area contributed by atoms with Crippen molar-refractivity contribution in [2.45, 2.75) is 57.7 Å². The van der Waals surface area contributed by atoms with Crippen molar-refractivity contribution in [1.82, 2.24) is 15.5 Å². The normalized spacial score (nSPS) is 22.6. The number of likely N-dealkylation sites (N-methyl/N-ethyl adjacent to an activating group) is 1. The highest BCUT2D eigenvalue weighted by molar-refractivity contribution is 5.74. The number of amides is 2. The number of nitrogens with one attached hydrogen (secondary N) is 2. The largest absolute Gasteiger partial charge is 0.395 e. The lowest BCUT2D eigenvalue weighted by Gasteiger charge is -2.46. The molecular formula is C13H27N3O2. The molecule has 0 spiro atoms. The number of urea groups is 1. The smallest absolute Gasteiger partial charge is 0.317 e. The van der Waals surface area contributed by atoms with E-state index >= 15 is 0 Å². The fourth-order valence-corrected chi connectivity index (χ4v) is 2.96. The van der Waals surface area contributed by atoms with Crippen LogP contribution in [0.4, 0.5) is 4.79 Å². The number of piperidine rings is 1. The Hall–Kier alpha value is -0.810. The summed E-state index contributed by atoms with van der Waals surface area (Å²) < 4.78 is 0. The van der Waals surface area contributed by atoms with Crippen molar-refractivity contribution in [2.24, 2.45) is 0 Å². The molecule has 1 rings (SSSR count). The summed E-state index contributed by atoms with van der Waals surface area (Å²) >= 11 is 0. The van der Waals surface area contributed by atoms with E-state index in [9.17, 15) is 4.79 Å². The lowest BCUT2D eigenvalue weighted by atomic mass is 9.80. The van der Waals surface area contributed by atoms with Crippen molar-refractivity contribution in [2.75, 3.05) is 20.2 Å². The second-order valence-electron chi connectivity index (χ2n) is 6.59. The molecule has 0 aromatic heterocycles. The van der Waals surface area contributed by atoms with Crippen molar-refractivity contribution in [3.63, 3.8) is 0 Å². The summed E-state index contributed by atoms with van der Waals surface area (Å²) in [7, 11) is 1.70. The molecule has 1 saturated heterocycles. The number of aliphatic hydroxyl groups excluding tert-OH is 1. The zero-order valence-electron chi connectivity index (χ0n) is 12.2. The summed E-state index contributed by atoms with van der Waals surface area (Å²) in [5, 5.41) is 15.5. The van der Waals surface area contributed by atoms with Crippen LogP contribution in [0.15, 0.2) is 0 Å². The van der Waals surface area contributed by atoms with Crippen LogP contribution in [0.1, 0.15) is 40.5 Å². The van der Waals surface area contributed by atoms with Gasteiger partial charge in [0.15, 0.2) is 0 Å². The van der Waals surface area contributed by atoms with E-state index in [1.807, 2.05) is 0 Å². The molecule has 0 aliphatic carbocycles. The van der Waals surface area contributed by atoms with Gasteiger partial charge in [0.25, 0.3) is 0 Å². The maximum atomic E-state index is 11.9. The molecule has 0 saturated carbocycles. The van der Waals surface area contributed by atoms with Crippen LogP contribution in [0.3, 0.4) is 0 Å². The Bertz CT molecular complexity index is 287. The van der Waals surface area contributed by atoms with Crippen molar-refractivity contribution in [3.8, 4) is 0 Å². The van der Waals surface area contributed by atoms with Gasteiger partial charge >= 0.3 is 6.03 Å².